The molecule has 0 aromatic heterocycles. The topological polar surface area (TPSA) is 29.1 Å². The highest BCUT2D eigenvalue weighted by Gasteiger charge is 2.13. The van der Waals surface area contributed by atoms with Crippen LogP contribution in [0.5, 0.6) is 0 Å². The van der Waals surface area contributed by atoms with Crippen molar-refractivity contribution in [2.45, 2.75) is 6.92 Å². The first-order valence-electron chi connectivity index (χ1n) is 8.03. The molecule has 25 heavy (non-hydrogen) atoms. The van der Waals surface area contributed by atoms with Gasteiger partial charge in [-0.05, 0) is 47.9 Å². The summed E-state index contributed by atoms with van der Waals surface area (Å²) < 4.78 is 0. The van der Waals surface area contributed by atoms with Crippen LogP contribution in [0.3, 0.4) is 0 Å². The third-order valence-electron chi connectivity index (χ3n) is 3.90. The molecule has 3 aromatic rings. The molecule has 0 aliphatic heterocycles. The number of carbonyl (C=O) groups excluding carboxylic acids is 1. The first-order chi connectivity index (χ1) is 12.1. The fourth-order valence-electron chi connectivity index (χ4n) is 2.53. The van der Waals surface area contributed by atoms with Crippen molar-refractivity contribution >= 4 is 34.8 Å². The van der Waals surface area contributed by atoms with E-state index in [0.29, 0.717) is 10.6 Å². The van der Waals surface area contributed by atoms with Gasteiger partial charge in [-0.3, -0.25) is 4.79 Å². The molecule has 0 heterocycles. The van der Waals surface area contributed by atoms with E-state index in [4.69, 9.17) is 11.6 Å². The van der Waals surface area contributed by atoms with Crippen molar-refractivity contribution in [1.29, 1.82) is 0 Å². The lowest BCUT2D eigenvalue weighted by atomic mass is 10.0. The van der Waals surface area contributed by atoms with E-state index in [1.807, 2.05) is 79.7 Å². The minimum Gasteiger partial charge on any atom is -0.322 e. The number of halogens is 1. The van der Waals surface area contributed by atoms with E-state index >= 15 is 0 Å². The molecule has 0 atom stereocenters. The zero-order chi connectivity index (χ0) is 17.6. The Labute approximate surface area is 152 Å². The zero-order valence-electron chi connectivity index (χ0n) is 13.9. The van der Waals surface area contributed by atoms with Crippen LogP contribution >= 0.6 is 11.6 Å². The number of nitrogens with one attached hydrogen (secondary N) is 1. The van der Waals surface area contributed by atoms with Crippen LogP contribution in [-0.4, -0.2) is 5.91 Å². The van der Waals surface area contributed by atoms with Crippen molar-refractivity contribution in [3.05, 3.63) is 101 Å². The fraction of sp³-hybridized carbons (Fsp3) is 0.0455. The predicted octanol–water partition coefficient (Wildman–Crippen LogP) is 5.83. The number of rotatable bonds is 4. The number of anilines is 1. The normalized spacial score (nSPS) is 11.2. The minimum absolute atomic E-state index is 0.152. The predicted molar refractivity (Wildman–Crippen MR) is 106 cm³/mol. The average Bonchev–Trinajstić information content (AvgIpc) is 2.63. The van der Waals surface area contributed by atoms with Crippen LogP contribution in [-0.2, 0) is 4.79 Å². The number of amides is 1. The van der Waals surface area contributed by atoms with E-state index in [0.717, 1.165) is 22.4 Å². The van der Waals surface area contributed by atoms with Gasteiger partial charge in [0.05, 0.1) is 0 Å². The summed E-state index contributed by atoms with van der Waals surface area (Å²) in [6.45, 7) is 1.97. The SMILES string of the molecule is Cc1ccccc1NC(=O)C(=Cc1ccccc1)c1ccc(Cl)cc1. The second-order valence-electron chi connectivity index (χ2n) is 5.74. The smallest absolute Gasteiger partial charge is 0.256 e. The van der Waals surface area contributed by atoms with E-state index in [2.05, 4.69) is 5.32 Å². The first-order valence-corrected chi connectivity index (χ1v) is 8.41. The highest BCUT2D eigenvalue weighted by Crippen LogP contribution is 2.23. The Bertz CT molecular complexity index is 899. The second kappa shape index (κ2) is 7.82. The second-order valence-corrected chi connectivity index (χ2v) is 6.18. The average molecular weight is 348 g/mol. The number of carbonyl (C=O) groups is 1. The highest BCUT2D eigenvalue weighted by atomic mass is 35.5. The summed E-state index contributed by atoms with van der Waals surface area (Å²) in [6.07, 6.45) is 1.89. The van der Waals surface area contributed by atoms with Crippen LogP contribution in [0.25, 0.3) is 11.6 Å². The monoisotopic (exact) mass is 347 g/mol. The van der Waals surface area contributed by atoms with Crippen LogP contribution < -0.4 is 5.32 Å². The van der Waals surface area contributed by atoms with E-state index < -0.39 is 0 Å². The summed E-state index contributed by atoms with van der Waals surface area (Å²) in [6, 6.07) is 24.8. The van der Waals surface area contributed by atoms with Crippen molar-refractivity contribution in [2.75, 3.05) is 5.32 Å². The molecule has 3 aromatic carbocycles. The number of benzene rings is 3. The molecular weight excluding hydrogens is 330 g/mol. The van der Waals surface area contributed by atoms with E-state index in [1.54, 1.807) is 12.1 Å². The van der Waals surface area contributed by atoms with Gasteiger partial charge in [-0.25, -0.2) is 0 Å². The molecule has 124 valence electrons. The summed E-state index contributed by atoms with van der Waals surface area (Å²) in [5.74, 6) is -0.152. The third-order valence-corrected chi connectivity index (χ3v) is 4.16. The number of hydrogen-bond donors (Lipinski definition) is 1. The van der Waals surface area contributed by atoms with E-state index in [1.165, 1.54) is 0 Å². The lowest BCUT2D eigenvalue weighted by Crippen LogP contribution is -2.14. The molecule has 0 radical (unpaired) electrons. The van der Waals surface area contributed by atoms with Crippen LogP contribution in [0.1, 0.15) is 16.7 Å². The lowest BCUT2D eigenvalue weighted by Gasteiger charge is -2.12. The van der Waals surface area contributed by atoms with Gasteiger partial charge in [0.15, 0.2) is 0 Å². The summed E-state index contributed by atoms with van der Waals surface area (Å²) in [7, 11) is 0. The molecule has 2 nitrogen and oxygen atoms in total. The van der Waals surface area contributed by atoms with E-state index in [9.17, 15) is 4.79 Å². The Balaban J connectivity index is 1.99. The van der Waals surface area contributed by atoms with Crippen LogP contribution in [0.4, 0.5) is 5.69 Å². The number of para-hydroxylation sites is 1. The summed E-state index contributed by atoms with van der Waals surface area (Å²) in [5.41, 5.74) is 4.20. The van der Waals surface area contributed by atoms with Gasteiger partial charge in [0.2, 0.25) is 0 Å². The molecule has 0 aliphatic carbocycles. The van der Waals surface area contributed by atoms with Gasteiger partial charge in [-0.1, -0.05) is 72.3 Å². The lowest BCUT2D eigenvalue weighted by molar-refractivity contribution is -0.111. The molecule has 3 rings (SSSR count). The zero-order valence-corrected chi connectivity index (χ0v) is 14.6. The molecule has 0 saturated carbocycles. The standard InChI is InChI=1S/C22H18ClNO/c1-16-7-5-6-10-21(16)24-22(25)20(15-17-8-3-2-4-9-17)18-11-13-19(23)14-12-18/h2-15H,1H3,(H,24,25). The minimum atomic E-state index is -0.152. The van der Waals surface area contributed by atoms with Crippen molar-refractivity contribution < 1.29 is 4.79 Å². The van der Waals surface area contributed by atoms with Gasteiger partial charge in [0.25, 0.3) is 5.91 Å². The summed E-state index contributed by atoms with van der Waals surface area (Å²) in [4.78, 5) is 12.9. The molecule has 1 amide bonds. The van der Waals surface area contributed by atoms with Gasteiger partial charge >= 0.3 is 0 Å². The Hall–Kier alpha value is -2.84. The Morgan fingerprint density at radius 3 is 2.20 bits per heavy atom. The van der Waals surface area contributed by atoms with Gasteiger partial charge in [0, 0.05) is 16.3 Å². The molecule has 0 bridgehead atoms. The quantitative estimate of drug-likeness (QED) is 0.467. The first kappa shape index (κ1) is 17.0. The Morgan fingerprint density at radius 2 is 1.52 bits per heavy atom. The molecule has 0 spiro atoms. The van der Waals surface area contributed by atoms with Gasteiger partial charge < -0.3 is 5.32 Å². The molecule has 3 heteroatoms. The molecule has 0 aliphatic rings. The van der Waals surface area contributed by atoms with Crippen molar-refractivity contribution in [1.82, 2.24) is 0 Å². The highest BCUT2D eigenvalue weighted by molar-refractivity contribution is 6.31. The van der Waals surface area contributed by atoms with Gasteiger partial charge in [-0.15, -0.1) is 0 Å². The molecule has 0 unspecified atom stereocenters. The maximum Gasteiger partial charge on any atom is 0.256 e. The van der Waals surface area contributed by atoms with Crippen LogP contribution in [0.15, 0.2) is 78.9 Å². The summed E-state index contributed by atoms with van der Waals surface area (Å²) in [5, 5.41) is 3.64. The fourth-order valence-corrected chi connectivity index (χ4v) is 2.65. The van der Waals surface area contributed by atoms with Crippen molar-refractivity contribution in [3.8, 4) is 0 Å². The number of aryl methyl sites for hydroxylation is 1. The van der Waals surface area contributed by atoms with Gasteiger partial charge in [-0.2, -0.15) is 0 Å². The maximum absolute atomic E-state index is 12.9. The van der Waals surface area contributed by atoms with Crippen molar-refractivity contribution in [3.63, 3.8) is 0 Å². The Kier molecular flexibility index (Phi) is 5.32. The van der Waals surface area contributed by atoms with Crippen molar-refractivity contribution in [2.24, 2.45) is 0 Å². The molecule has 0 saturated heterocycles. The van der Waals surface area contributed by atoms with E-state index in [-0.39, 0.29) is 5.91 Å². The number of hydrogen-bond acceptors (Lipinski definition) is 1. The van der Waals surface area contributed by atoms with Crippen LogP contribution in [0, 0.1) is 6.92 Å². The third kappa shape index (κ3) is 4.37. The largest absolute Gasteiger partial charge is 0.322 e. The molecular formula is C22H18ClNO. The summed E-state index contributed by atoms with van der Waals surface area (Å²) >= 11 is 5.99. The van der Waals surface area contributed by atoms with Gasteiger partial charge in [0.1, 0.15) is 0 Å². The maximum atomic E-state index is 12.9. The molecule has 0 fully saturated rings. The Morgan fingerprint density at radius 1 is 0.880 bits per heavy atom. The molecule has 1 N–H and O–H groups in total. The van der Waals surface area contributed by atoms with Crippen LogP contribution in [0.2, 0.25) is 5.02 Å².